The van der Waals surface area contributed by atoms with Crippen molar-refractivity contribution >= 4 is 23.0 Å². The molecule has 0 radical (unpaired) electrons. The summed E-state index contributed by atoms with van der Waals surface area (Å²) in [6.07, 6.45) is 0. The maximum atomic E-state index is 13.2. The summed E-state index contributed by atoms with van der Waals surface area (Å²) in [6, 6.07) is 13.2. The summed E-state index contributed by atoms with van der Waals surface area (Å²) in [4.78, 5) is 0. The van der Waals surface area contributed by atoms with E-state index in [0.717, 1.165) is 5.69 Å². The lowest BCUT2D eigenvalue weighted by molar-refractivity contribution is 0.624. The molecule has 0 amide bonds. The van der Waals surface area contributed by atoms with Crippen molar-refractivity contribution in [2.45, 2.75) is 0 Å². The van der Waals surface area contributed by atoms with E-state index in [-0.39, 0.29) is 5.56 Å². The van der Waals surface area contributed by atoms with Crippen molar-refractivity contribution in [2.24, 2.45) is 0 Å². The van der Waals surface area contributed by atoms with Crippen LogP contribution in [0.1, 0.15) is 11.1 Å². The SMILES string of the molecule is C=C(Nc1cccc(Cl)c1)c1ccc(F)c(C#N)c1. The van der Waals surface area contributed by atoms with Gasteiger partial charge in [-0.15, -0.1) is 0 Å². The Kier molecular flexibility index (Phi) is 3.84. The first-order valence-corrected chi connectivity index (χ1v) is 5.89. The summed E-state index contributed by atoms with van der Waals surface area (Å²) >= 11 is 5.88. The van der Waals surface area contributed by atoms with Gasteiger partial charge in [0.25, 0.3) is 0 Å². The number of rotatable bonds is 3. The quantitative estimate of drug-likeness (QED) is 0.897. The molecule has 2 rings (SSSR count). The monoisotopic (exact) mass is 272 g/mol. The third-order valence-electron chi connectivity index (χ3n) is 2.56. The predicted octanol–water partition coefficient (Wildman–Crippen LogP) is 4.43. The molecule has 94 valence electrons. The van der Waals surface area contributed by atoms with Gasteiger partial charge in [-0.1, -0.05) is 24.2 Å². The van der Waals surface area contributed by atoms with Crippen molar-refractivity contribution in [3.8, 4) is 6.07 Å². The third-order valence-corrected chi connectivity index (χ3v) is 2.79. The molecule has 0 fully saturated rings. The smallest absolute Gasteiger partial charge is 0.140 e. The molecule has 0 unspecified atom stereocenters. The number of halogens is 2. The van der Waals surface area contributed by atoms with E-state index in [9.17, 15) is 4.39 Å². The Balaban J connectivity index is 2.23. The largest absolute Gasteiger partial charge is 0.355 e. The molecule has 0 bridgehead atoms. The summed E-state index contributed by atoms with van der Waals surface area (Å²) in [7, 11) is 0. The molecule has 0 heterocycles. The number of nitrogens with one attached hydrogen (secondary N) is 1. The standard InChI is InChI=1S/C15H10ClFN2/c1-10(19-14-4-2-3-13(16)8-14)11-5-6-15(17)12(7-11)9-18/h2-8,19H,1H2. The van der Waals surface area contributed by atoms with Gasteiger partial charge in [0.2, 0.25) is 0 Å². The van der Waals surface area contributed by atoms with E-state index in [1.165, 1.54) is 12.1 Å². The molecule has 2 aromatic carbocycles. The predicted molar refractivity (Wildman–Crippen MR) is 75.2 cm³/mol. The number of hydrogen-bond acceptors (Lipinski definition) is 2. The first-order valence-electron chi connectivity index (χ1n) is 5.51. The third kappa shape index (κ3) is 3.12. The number of benzene rings is 2. The van der Waals surface area contributed by atoms with Gasteiger partial charge in [-0.3, -0.25) is 0 Å². The number of nitriles is 1. The minimum atomic E-state index is -0.540. The Labute approximate surface area is 115 Å². The van der Waals surface area contributed by atoms with E-state index in [4.69, 9.17) is 16.9 Å². The molecule has 0 aliphatic heterocycles. The average Bonchev–Trinajstić information content (AvgIpc) is 2.39. The summed E-state index contributed by atoms with van der Waals surface area (Å²) in [5, 5.41) is 12.5. The molecule has 2 nitrogen and oxygen atoms in total. The molecule has 0 atom stereocenters. The van der Waals surface area contributed by atoms with Gasteiger partial charge in [-0.25, -0.2) is 4.39 Å². The maximum Gasteiger partial charge on any atom is 0.140 e. The van der Waals surface area contributed by atoms with E-state index in [2.05, 4.69) is 11.9 Å². The van der Waals surface area contributed by atoms with Gasteiger partial charge in [0, 0.05) is 16.4 Å². The van der Waals surface area contributed by atoms with Crippen LogP contribution >= 0.6 is 11.6 Å². The van der Waals surface area contributed by atoms with E-state index in [0.29, 0.717) is 16.3 Å². The highest BCUT2D eigenvalue weighted by Gasteiger charge is 2.05. The molecular weight excluding hydrogens is 263 g/mol. The topological polar surface area (TPSA) is 35.8 Å². The zero-order valence-corrected chi connectivity index (χ0v) is 10.7. The van der Waals surface area contributed by atoms with Crippen LogP contribution in [0.25, 0.3) is 5.70 Å². The molecule has 4 heteroatoms. The zero-order valence-electron chi connectivity index (χ0n) is 9.95. The van der Waals surface area contributed by atoms with Crippen molar-refractivity contribution in [3.63, 3.8) is 0 Å². The summed E-state index contributed by atoms with van der Waals surface area (Å²) < 4.78 is 13.2. The van der Waals surface area contributed by atoms with Crippen molar-refractivity contribution in [2.75, 3.05) is 5.32 Å². The van der Waals surface area contributed by atoms with Crippen LogP contribution in [0.15, 0.2) is 49.0 Å². The van der Waals surface area contributed by atoms with Crippen LogP contribution in [-0.4, -0.2) is 0 Å². The molecule has 2 aromatic rings. The molecular formula is C15H10ClFN2. The van der Waals surface area contributed by atoms with E-state index < -0.39 is 5.82 Å². The second kappa shape index (κ2) is 5.55. The van der Waals surface area contributed by atoms with Crippen LogP contribution in [-0.2, 0) is 0 Å². The lowest BCUT2D eigenvalue weighted by Gasteiger charge is -2.10. The van der Waals surface area contributed by atoms with Gasteiger partial charge in [0.15, 0.2) is 0 Å². The Morgan fingerprint density at radius 1 is 1.26 bits per heavy atom. The van der Waals surface area contributed by atoms with Crippen LogP contribution in [0.2, 0.25) is 5.02 Å². The lowest BCUT2D eigenvalue weighted by atomic mass is 10.1. The molecule has 19 heavy (non-hydrogen) atoms. The van der Waals surface area contributed by atoms with E-state index in [1.54, 1.807) is 24.3 Å². The minimum Gasteiger partial charge on any atom is -0.355 e. The zero-order chi connectivity index (χ0) is 13.8. The van der Waals surface area contributed by atoms with E-state index in [1.807, 2.05) is 12.1 Å². The molecule has 0 aliphatic carbocycles. The van der Waals surface area contributed by atoms with Gasteiger partial charge in [-0.2, -0.15) is 5.26 Å². The first-order chi connectivity index (χ1) is 9.10. The van der Waals surface area contributed by atoms with E-state index >= 15 is 0 Å². The number of hydrogen-bond donors (Lipinski definition) is 1. The second-order valence-electron chi connectivity index (χ2n) is 3.92. The van der Waals surface area contributed by atoms with Crippen LogP contribution in [0.3, 0.4) is 0 Å². The van der Waals surface area contributed by atoms with Crippen molar-refractivity contribution < 1.29 is 4.39 Å². The summed E-state index contributed by atoms with van der Waals surface area (Å²) in [5.74, 6) is -0.540. The first kappa shape index (κ1) is 13.1. The van der Waals surface area contributed by atoms with Crippen LogP contribution in [0, 0.1) is 17.1 Å². The molecule has 0 saturated carbocycles. The van der Waals surface area contributed by atoms with Gasteiger partial charge < -0.3 is 5.32 Å². The van der Waals surface area contributed by atoms with Crippen molar-refractivity contribution in [3.05, 3.63) is 71.0 Å². The van der Waals surface area contributed by atoms with Crippen molar-refractivity contribution in [1.29, 1.82) is 5.26 Å². The van der Waals surface area contributed by atoms with Gasteiger partial charge in [0.1, 0.15) is 11.9 Å². The van der Waals surface area contributed by atoms with Gasteiger partial charge >= 0.3 is 0 Å². The summed E-state index contributed by atoms with van der Waals surface area (Å²) in [6.45, 7) is 3.87. The average molecular weight is 273 g/mol. The van der Waals surface area contributed by atoms with Gasteiger partial charge in [-0.05, 0) is 42.0 Å². The highest BCUT2D eigenvalue weighted by atomic mass is 35.5. The van der Waals surface area contributed by atoms with Crippen LogP contribution in [0.5, 0.6) is 0 Å². The molecule has 1 N–H and O–H groups in total. The number of anilines is 1. The Hall–Kier alpha value is -2.31. The van der Waals surface area contributed by atoms with Gasteiger partial charge in [0.05, 0.1) is 5.56 Å². The molecule has 0 saturated heterocycles. The van der Waals surface area contributed by atoms with Crippen molar-refractivity contribution in [1.82, 2.24) is 0 Å². The Morgan fingerprint density at radius 3 is 2.74 bits per heavy atom. The highest BCUT2D eigenvalue weighted by molar-refractivity contribution is 6.30. The fourth-order valence-corrected chi connectivity index (χ4v) is 1.80. The maximum absolute atomic E-state index is 13.2. The fourth-order valence-electron chi connectivity index (χ4n) is 1.61. The molecule has 0 aromatic heterocycles. The highest BCUT2D eigenvalue weighted by Crippen LogP contribution is 2.21. The molecule has 0 spiro atoms. The minimum absolute atomic E-state index is 0.00783. The normalized spacial score (nSPS) is 9.74. The Bertz CT molecular complexity index is 674. The lowest BCUT2D eigenvalue weighted by Crippen LogP contribution is -1.98. The Morgan fingerprint density at radius 2 is 2.05 bits per heavy atom. The van der Waals surface area contributed by atoms with Crippen LogP contribution in [0.4, 0.5) is 10.1 Å². The second-order valence-corrected chi connectivity index (χ2v) is 4.36. The number of nitrogens with zero attached hydrogens (tertiary/aromatic N) is 1. The fraction of sp³-hybridized carbons (Fsp3) is 0. The summed E-state index contributed by atoms with van der Waals surface area (Å²) in [5.41, 5.74) is 1.99. The molecule has 0 aliphatic rings. The van der Waals surface area contributed by atoms with Crippen LogP contribution < -0.4 is 5.32 Å².